The van der Waals surface area contributed by atoms with Crippen molar-refractivity contribution >= 4 is 15.9 Å². The zero-order valence-corrected chi connectivity index (χ0v) is 19.5. The minimum absolute atomic E-state index is 0.0272. The Kier molecular flexibility index (Phi) is 7.98. The molecular weight excluding hydrogens is 432 g/mol. The highest BCUT2D eigenvalue weighted by molar-refractivity contribution is 7.89. The van der Waals surface area contributed by atoms with E-state index < -0.39 is 10.0 Å². The first-order chi connectivity index (χ1) is 15.3. The summed E-state index contributed by atoms with van der Waals surface area (Å²) in [5.41, 5.74) is 0.268. The second-order valence-electron chi connectivity index (χ2n) is 7.72. The van der Waals surface area contributed by atoms with Gasteiger partial charge in [-0.25, -0.2) is 13.1 Å². The number of likely N-dealkylation sites (N-methyl/N-ethyl adjacent to an activating group) is 1. The fourth-order valence-corrected chi connectivity index (χ4v) is 5.14. The van der Waals surface area contributed by atoms with Crippen molar-refractivity contribution < 1.29 is 27.4 Å². The normalized spacial score (nSPS) is 14.2. The number of hydrogen-bond donors (Lipinski definition) is 1. The fourth-order valence-electron chi connectivity index (χ4n) is 3.64. The molecular formula is C23H30N2O6S. The van der Waals surface area contributed by atoms with Gasteiger partial charge in [-0.3, -0.25) is 4.79 Å². The van der Waals surface area contributed by atoms with Gasteiger partial charge in [0.25, 0.3) is 5.91 Å². The van der Waals surface area contributed by atoms with Gasteiger partial charge in [0.05, 0.1) is 20.8 Å². The third-order valence-corrected chi connectivity index (χ3v) is 7.02. The van der Waals surface area contributed by atoms with Crippen molar-refractivity contribution in [3.63, 3.8) is 0 Å². The van der Waals surface area contributed by atoms with Crippen molar-refractivity contribution in [2.24, 2.45) is 0 Å². The number of nitrogens with zero attached hydrogens (tertiary/aromatic N) is 1. The highest BCUT2D eigenvalue weighted by Crippen LogP contribution is 2.27. The van der Waals surface area contributed by atoms with E-state index in [4.69, 9.17) is 14.2 Å². The molecule has 0 radical (unpaired) electrons. The van der Waals surface area contributed by atoms with Crippen LogP contribution in [0.15, 0.2) is 47.4 Å². The van der Waals surface area contributed by atoms with E-state index in [1.807, 2.05) is 0 Å². The summed E-state index contributed by atoms with van der Waals surface area (Å²) in [6.07, 6.45) is 3.65. The summed E-state index contributed by atoms with van der Waals surface area (Å²) in [5, 5.41) is 0. The van der Waals surface area contributed by atoms with Crippen LogP contribution in [-0.4, -0.2) is 59.7 Å². The minimum atomic E-state index is -3.81. The zero-order valence-electron chi connectivity index (χ0n) is 18.7. The molecule has 1 N–H and O–H groups in total. The van der Waals surface area contributed by atoms with Crippen molar-refractivity contribution in [2.75, 3.05) is 34.4 Å². The molecule has 0 saturated heterocycles. The second-order valence-corrected chi connectivity index (χ2v) is 9.40. The van der Waals surface area contributed by atoms with Crippen molar-refractivity contribution in [1.82, 2.24) is 9.62 Å². The van der Waals surface area contributed by atoms with Gasteiger partial charge in [0, 0.05) is 18.7 Å². The third kappa shape index (κ3) is 5.92. The zero-order chi connectivity index (χ0) is 23.1. The van der Waals surface area contributed by atoms with Gasteiger partial charge in [-0.15, -0.1) is 0 Å². The summed E-state index contributed by atoms with van der Waals surface area (Å²) in [4.78, 5) is 14.4. The highest BCUT2D eigenvalue weighted by Gasteiger charge is 2.27. The first-order valence-electron chi connectivity index (χ1n) is 10.6. The topological polar surface area (TPSA) is 94.2 Å². The molecule has 32 heavy (non-hydrogen) atoms. The van der Waals surface area contributed by atoms with Gasteiger partial charge in [0.2, 0.25) is 10.0 Å². The van der Waals surface area contributed by atoms with Gasteiger partial charge in [-0.2, -0.15) is 0 Å². The molecule has 0 bridgehead atoms. The maximum absolute atomic E-state index is 12.9. The number of methoxy groups -OCH3 is 2. The molecule has 1 aliphatic rings. The van der Waals surface area contributed by atoms with E-state index in [1.54, 1.807) is 44.5 Å². The number of carbonyl (C=O) groups is 1. The number of nitrogens with one attached hydrogen (secondary N) is 1. The van der Waals surface area contributed by atoms with Gasteiger partial charge < -0.3 is 19.1 Å². The second kappa shape index (κ2) is 10.7. The van der Waals surface area contributed by atoms with Crippen LogP contribution >= 0.6 is 0 Å². The molecule has 9 heteroatoms. The van der Waals surface area contributed by atoms with E-state index in [-0.39, 0.29) is 28.2 Å². The van der Waals surface area contributed by atoms with Gasteiger partial charge in [-0.05, 0) is 55.3 Å². The van der Waals surface area contributed by atoms with Crippen LogP contribution < -0.4 is 18.9 Å². The Hall–Kier alpha value is -2.78. The average molecular weight is 463 g/mol. The van der Waals surface area contributed by atoms with Crippen molar-refractivity contribution in [2.45, 2.75) is 36.6 Å². The molecule has 0 aliphatic heterocycles. The van der Waals surface area contributed by atoms with Gasteiger partial charge in [0.15, 0.2) is 0 Å². The highest BCUT2D eigenvalue weighted by atomic mass is 32.2. The van der Waals surface area contributed by atoms with Crippen LogP contribution in [0.1, 0.15) is 36.0 Å². The van der Waals surface area contributed by atoms with Gasteiger partial charge in [0.1, 0.15) is 28.8 Å². The summed E-state index contributed by atoms with van der Waals surface area (Å²) in [6.45, 7) is 0.623. The summed E-state index contributed by atoms with van der Waals surface area (Å²) in [5.74, 6) is 1.31. The summed E-state index contributed by atoms with van der Waals surface area (Å²) in [7, 11) is 0.845. The van der Waals surface area contributed by atoms with Crippen LogP contribution in [0.25, 0.3) is 0 Å². The molecule has 0 aromatic heterocycles. The third-order valence-electron chi connectivity index (χ3n) is 5.48. The van der Waals surface area contributed by atoms with E-state index in [9.17, 15) is 13.2 Å². The molecule has 8 nitrogen and oxygen atoms in total. The fraction of sp³-hybridized carbons (Fsp3) is 0.435. The molecule has 1 saturated carbocycles. The lowest BCUT2D eigenvalue weighted by Crippen LogP contribution is -2.33. The molecule has 2 aromatic carbocycles. The SMILES string of the molecule is COc1ccc(OCCN(C)C(=O)c2ccc(OC)c(S(=O)(=O)NC3CCCC3)c2)cc1. The van der Waals surface area contributed by atoms with Crippen LogP contribution in [0.2, 0.25) is 0 Å². The van der Waals surface area contributed by atoms with Crippen LogP contribution in [0.5, 0.6) is 17.2 Å². The van der Waals surface area contributed by atoms with Crippen LogP contribution in [-0.2, 0) is 10.0 Å². The Morgan fingerprint density at radius 1 is 1.03 bits per heavy atom. The Bertz CT molecular complexity index is 1020. The molecule has 0 spiro atoms. The first kappa shape index (κ1) is 23.9. The number of carbonyl (C=O) groups excluding carboxylic acids is 1. The number of hydrogen-bond acceptors (Lipinski definition) is 6. The van der Waals surface area contributed by atoms with Crippen LogP contribution in [0.3, 0.4) is 0 Å². The first-order valence-corrected chi connectivity index (χ1v) is 12.0. The van der Waals surface area contributed by atoms with E-state index in [0.717, 1.165) is 31.4 Å². The number of benzene rings is 2. The number of sulfonamides is 1. The molecule has 174 valence electrons. The molecule has 3 rings (SSSR count). The lowest BCUT2D eigenvalue weighted by molar-refractivity contribution is 0.0773. The average Bonchev–Trinajstić information content (AvgIpc) is 3.30. The van der Waals surface area contributed by atoms with Gasteiger partial charge >= 0.3 is 0 Å². The summed E-state index contributed by atoms with van der Waals surface area (Å²) < 4.78 is 44.7. The largest absolute Gasteiger partial charge is 0.497 e. The molecule has 0 unspecified atom stereocenters. The summed E-state index contributed by atoms with van der Waals surface area (Å²) >= 11 is 0. The van der Waals surface area contributed by atoms with Crippen molar-refractivity contribution in [3.05, 3.63) is 48.0 Å². The van der Waals surface area contributed by atoms with E-state index in [2.05, 4.69) is 4.72 Å². The quantitative estimate of drug-likeness (QED) is 0.583. The molecule has 0 heterocycles. The molecule has 1 aliphatic carbocycles. The Labute approximate surface area is 189 Å². The summed E-state index contributed by atoms with van der Waals surface area (Å²) in [6, 6.07) is 11.5. The van der Waals surface area contributed by atoms with Crippen LogP contribution in [0, 0.1) is 0 Å². The lowest BCUT2D eigenvalue weighted by Gasteiger charge is -2.19. The Morgan fingerprint density at radius 2 is 1.69 bits per heavy atom. The molecule has 0 atom stereocenters. The molecule has 2 aromatic rings. The Morgan fingerprint density at radius 3 is 2.31 bits per heavy atom. The monoisotopic (exact) mass is 462 g/mol. The molecule has 1 amide bonds. The predicted molar refractivity (Wildman–Crippen MR) is 121 cm³/mol. The van der Waals surface area contributed by atoms with E-state index >= 15 is 0 Å². The smallest absolute Gasteiger partial charge is 0.253 e. The van der Waals surface area contributed by atoms with Crippen molar-refractivity contribution in [3.8, 4) is 17.2 Å². The standard InChI is InChI=1S/C23H30N2O6S/c1-25(14-15-31-20-11-9-19(29-2)10-12-20)23(26)17-8-13-21(30-3)22(16-17)32(27,28)24-18-6-4-5-7-18/h8-13,16,18,24H,4-7,14-15H2,1-3H3. The number of ether oxygens (including phenoxy) is 3. The number of rotatable bonds is 10. The van der Waals surface area contributed by atoms with E-state index in [1.165, 1.54) is 24.1 Å². The maximum atomic E-state index is 12.9. The maximum Gasteiger partial charge on any atom is 0.253 e. The number of amides is 1. The Balaban J connectivity index is 1.66. The van der Waals surface area contributed by atoms with Crippen molar-refractivity contribution in [1.29, 1.82) is 0 Å². The molecule has 1 fully saturated rings. The van der Waals surface area contributed by atoms with E-state index in [0.29, 0.717) is 18.9 Å². The minimum Gasteiger partial charge on any atom is -0.497 e. The lowest BCUT2D eigenvalue weighted by atomic mass is 10.2. The van der Waals surface area contributed by atoms with Gasteiger partial charge in [-0.1, -0.05) is 12.8 Å². The predicted octanol–water partition coefficient (Wildman–Crippen LogP) is 3.08. The van der Waals surface area contributed by atoms with Crippen LogP contribution in [0.4, 0.5) is 0 Å².